The van der Waals surface area contributed by atoms with E-state index in [4.69, 9.17) is 5.73 Å². The van der Waals surface area contributed by atoms with Crippen LogP contribution in [0.5, 0.6) is 0 Å². The van der Waals surface area contributed by atoms with Crippen LogP contribution in [0.2, 0.25) is 0 Å². The number of carbonyl (C=O) groups is 1. The zero-order valence-corrected chi connectivity index (χ0v) is 14.6. The number of rotatable bonds is 8. The van der Waals surface area contributed by atoms with E-state index < -0.39 is 5.54 Å². The van der Waals surface area contributed by atoms with Crippen molar-refractivity contribution >= 4 is 28.5 Å². The molecule has 1 rings (SSSR count). The predicted octanol–water partition coefficient (Wildman–Crippen LogP) is 1.92. The number of hydrogen-bond acceptors (Lipinski definition) is 3. The monoisotopic (exact) mass is 389 g/mol. The number of amides is 1. The number of benzene rings is 1. The van der Waals surface area contributed by atoms with Gasteiger partial charge in [0.25, 0.3) is 0 Å². The summed E-state index contributed by atoms with van der Waals surface area (Å²) in [6.07, 6.45) is 0. The minimum atomic E-state index is -0.822. The minimum absolute atomic E-state index is 0.349. The quantitative estimate of drug-likeness (QED) is 0.668. The topological polar surface area (TPSA) is 58.4 Å². The Kier molecular flexibility index (Phi) is 6.91. The van der Waals surface area contributed by atoms with Crippen LogP contribution in [-0.2, 0) is 10.3 Å². The average molecular weight is 389 g/mol. The van der Waals surface area contributed by atoms with Crippen molar-refractivity contribution in [2.24, 2.45) is 5.73 Å². The summed E-state index contributed by atoms with van der Waals surface area (Å²) in [4.78, 5) is 14.2. The molecule has 1 atom stereocenters. The maximum atomic E-state index is 11.9. The van der Waals surface area contributed by atoms with Crippen molar-refractivity contribution in [3.8, 4) is 0 Å². The lowest BCUT2D eigenvalue weighted by molar-refractivity contribution is -0.124. The molecule has 0 aliphatic heterocycles. The summed E-state index contributed by atoms with van der Waals surface area (Å²) in [7, 11) is 0. The van der Waals surface area contributed by atoms with Crippen LogP contribution in [0.4, 0.5) is 0 Å². The van der Waals surface area contributed by atoms with Crippen LogP contribution in [0, 0.1) is 3.57 Å². The van der Waals surface area contributed by atoms with Crippen LogP contribution in [0.3, 0.4) is 0 Å². The van der Waals surface area contributed by atoms with Gasteiger partial charge in [0, 0.05) is 16.7 Å². The summed E-state index contributed by atoms with van der Waals surface area (Å²) in [5.41, 5.74) is 5.69. The maximum absolute atomic E-state index is 11.9. The van der Waals surface area contributed by atoms with Gasteiger partial charge < -0.3 is 10.6 Å². The molecule has 1 amide bonds. The van der Waals surface area contributed by atoms with Gasteiger partial charge in [-0.2, -0.15) is 0 Å². The molecule has 0 saturated heterocycles. The number of hydrogen-bond donors (Lipinski definition) is 2. The fraction of sp³-hybridized carbons (Fsp3) is 0.533. The van der Waals surface area contributed by atoms with Crippen LogP contribution in [0.1, 0.15) is 26.3 Å². The molecule has 20 heavy (non-hydrogen) atoms. The van der Waals surface area contributed by atoms with Crippen molar-refractivity contribution in [2.45, 2.75) is 26.3 Å². The lowest BCUT2D eigenvalue weighted by Gasteiger charge is -2.29. The molecule has 1 unspecified atom stereocenters. The van der Waals surface area contributed by atoms with Crippen LogP contribution >= 0.6 is 22.6 Å². The maximum Gasteiger partial charge on any atom is 0.242 e. The van der Waals surface area contributed by atoms with E-state index in [2.05, 4.69) is 46.7 Å². The second-order valence-corrected chi connectivity index (χ2v) is 6.20. The molecule has 0 radical (unpaired) electrons. The Morgan fingerprint density at radius 2 is 1.85 bits per heavy atom. The van der Waals surface area contributed by atoms with Gasteiger partial charge in [-0.05, 0) is 60.3 Å². The molecule has 0 heterocycles. The third kappa shape index (κ3) is 4.43. The SMILES string of the molecule is CCN(CC)CCNC(C)(C(N)=O)c1ccc(I)cc1. The lowest BCUT2D eigenvalue weighted by Crippen LogP contribution is -2.52. The normalized spacial score (nSPS) is 14.2. The molecule has 0 spiro atoms. The van der Waals surface area contributed by atoms with E-state index in [9.17, 15) is 4.79 Å². The number of halogens is 1. The van der Waals surface area contributed by atoms with Gasteiger partial charge in [0.2, 0.25) is 5.91 Å². The first-order valence-corrected chi connectivity index (χ1v) is 8.05. The summed E-state index contributed by atoms with van der Waals surface area (Å²) in [5.74, 6) is -0.349. The molecule has 1 aromatic carbocycles. The predicted molar refractivity (Wildman–Crippen MR) is 91.5 cm³/mol. The van der Waals surface area contributed by atoms with E-state index in [1.165, 1.54) is 0 Å². The number of likely N-dealkylation sites (N-methyl/N-ethyl adjacent to an activating group) is 1. The number of nitrogens with zero attached hydrogens (tertiary/aromatic N) is 1. The first kappa shape index (κ1) is 17.4. The second kappa shape index (κ2) is 7.95. The molecule has 0 bridgehead atoms. The standard InChI is InChI=1S/C15H24IN3O/c1-4-19(5-2)11-10-18-15(3,14(17)20)12-6-8-13(16)9-7-12/h6-9,18H,4-5,10-11H2,1-3H3,(H2,17,20). The van der Waals surface area contributed by atoms with Gasteiger partial charge in [0.05, 0.1) is 0 Å². The van der Waals surface area contributed by atoms with E-state index >= 15 is 0 Å². The fourth-order valence-electron chi connectivity index (χ4n) is 2.12. The number of carbonyl (C=O) groups excluding carboxylic acids is 1. The van der Waals surface area contributed by atoms with Crippen LogP contribution in [-0.4, -0.2) is 37.0 Å². The van der Waals surface area contributed by atoms with Crippen molar-refractivity contribution in [2.75, 3.05) is 26.2 Å². The van der Waals surface area contributed by atoms with Crippen molar-refractivity contribution in [3.63, 3.8) is 0 Å². The highest BCUT2D eigenvalue weighted by molar-refractivity contribution is 14.1. The molecule has 0 fully saturated rings. The van der Waals surface area contributed by atoms with Gasteiger partial charge in [-0.1, -0.05) is 26.0 Å². The molecule has 0 aliphatic rings. The van der Waals surface area contributed by atoms with Crippen molar-refractivity contribution in [3.05, 3.63) is 33.4 Å². The third-order valence-electron chi connectivity index (χ3n) is 3.72. The molecular weight excluding hydrogens is 365 g/mol. The van der Waals surface area contributed by atoms with E-state index in [1.807, 2.05) is 31.2 Å². The highest BCUT2D eigenvalue weighted by atomic mass is 127. The fourth-order valence-corrected chi connectivity index (χ4v) is 2.48. The Hall–Kier alpha value is -0.660. The summed E-state index contributed by atoms with van der Waals surface area (Å²) in [6.45, 7) is 9.77. The van der Waals surface area contributed by atoms with Gasteiger partial charge in [0.1, 0.15) is 5.54 Å². The Bertz CT molecular complexity index is 431. The third-order valence-corrected chi connectivity index (χ3v) is 4.43. The summed E-state index contributed by atoms with van der Waals surface area (Å²) < 4.78 is 1.14. The van der Waals surface area contributed by atoms with E-state index in [1.54, 1.807) is 0 Å². The zero-order chi connectivity index (χ0) is 15.2. The number of primary amides is 1. The summed E-state index contributed by atoms with van der Waals surface area (Å²) >= 11 is 2.25. The van der Waals surface area contributed by atoms with Crippen LogP contribution in [0.25, 0.3) is 0 Å². The average Bonchev–Trinajstić information content (AvgIpc) is 2.44. The van der Waals surface area contributed by atoms with Crippen molar-refractivity contribution in [1.29, 1.82) is 0 Å². The van der Waals surface area contributed by atoms with Gasteiger partial charge in [0.15, 0.2) is 0 Å². The molecule has 0 aliphatic carbocycles. The minimum Gasteiger partial charge on any atom is -0.368 e. The first-order chi connectivity index (χ1) is 9.43. The van der Waals surface area contributed by atoms with Crippen LogP contribution < -0.4 is 11.1 Å². The Morgan fingerprint density at radius 1 is 1.30 bits per heavy atom. The smallest absolute Gasteiger partial charge is 0.242 e. The number of nitrogens with two attached hydrogens (primary N) is 1. The largest absolute Gasteiger partial charge is 0.368 e. The Labute approximate surface area is 135 Å². The van der Waals surface area contributed by atoms with Crippen molar-refractivity contribution < 1.29 is 4.79 Å². The van der Waals surface area contributed by atoms with E-state index in [-0.39, 0.29) is 5.91 Å². The molecule has 5 heteroatoms. The molecule has 0 saturated carbocycles. The van der Waals surface area contributed by atoms with Gasteiger partial charge in [-0.25, -0.2) is 0 Å². The van der Waals surface area contributed by atoms with Crippen molar-refractivity contribution in [1.82, 2.24) is 10.2 Å². The molecule has 1 aromatic rings. The Balaban J connectivity index is 2.77. The van der Waals surface area contributed by atoms with E-state index in [0.717, 1.165) is 35.3 Å². The zero-order valence-electron chi connectivity index (χ0n) is 12.4. The molecule has 3 N–H and O–H groups in total. The highest BCUT2D eigenvalue weighted by Crippen LogP contribution is 2.21. The summed E-state index contributed by atoms with van der Waals surface area (Å²) in [5, 5.41) is 3.31. The van der Waals surface area contributed by atoms with Gasteiger partial charge in [-0.15, -0.1) is 0 Å². The molecule has 112 valence electrons. The summed E-state index contributed by atoms with van der Waals surface area (Å²) in [6, 6.07) is 7.89. The molecule has 0 aromatic heterocycles. The van der Waals surface area contributed by atoms with Crippen LogP contribution in [0.15, 0.2) is 24.3 Å². The number of nitrogens with one attached hydrogen (secondary N) is 1. The van der Waals surface area contributed by atoms with E-state index in [0.29, 0.717) is 0 Å². The first-order valence-electron chi connectivity index (χ1n) is 6.97. The van der Waals surface area contributed by atoms with Gasteiger partial charge in [-0.3, -0.25) is 10.1 Å². The second-order valence-electron chi connectivity index (χ2n) is 4.95. The molecular formula is C15H24IN3O. The molecule has 4 nitrogen and oxygen atoms in total. The lowest BCUT2D eigenvalue weighted by atomic mass is 9.91. The highest BCUT2D eigenvalue weighted by Gasteiger charge is 2.32. The Morgan fingerprint density at radius 3 is 2.30 bits per heavy atom. The van der Waals surface area contributed by atoms with Gasteiger partial charge >= 0.3 is 0 Å².